The Bertz CT molecular complexity index is 704. The number of benzene rings is 2. The third kappa shape index (κ3) is 2.20. The molecular weight excluding hydrogens is 240 g/mol. The summed E-state index contributed by atoms with van der Waals surface area (Å²) in [7, 11) is 0. The van der Waals surface area contributed by atoms with E-state index in [1.807, 2.05) is 59.4 Å². The molecule has 0 fully saturated rings. The fourth-order valence-corrected chi connectivity index (χ4v) is 2.06. The van der Waals surface area contributed by atoms with Crippen LogP contribution in [0.4, 0.5) is 0 Å². The minimum Gasteiger partial charge on any atom is -0.463 e. The first-order valence-corrected chi connectivity index (χ1v) is 5.96. The predicted molar refractivity (Wildman–Crippen MR) is 71.9 cm³/mol. The van der Waals surface area contributed by atoms with Crippen LogP contribution in [0.15, 0.2) is 54.7 Å². The molecule has 1 heterocycles. The van der Waals surface area contributed by atoms with Gasteiger partial charge in [-0.15, -0.1) is 0 Å². The number of para-hydroxylation sites is 1. The van der Waals surface area contributed by atoms with Crippen molar-refractivity contribution in [2.75, 3.05) is 0 Å². The second kappa shape index (κ2) is 4.94. The first-order valence-electron chi connectivity index (χ1n) is 5.96. The lowest BCUT2D eigenvalue weighted by Crippen LogP contribution is -1.95. The number of carbonyl (C=O) groups excluding carboxylic acids is 1. The van der Waals surface area contributed by atoms with Gasteiger partial charge in [0.05, 0.1) is 11.2 Å². The summed E-state index contributed by atoms with van der Waals surface area (Å²) in [6, 6.07) is 15.7. The maximum Gasteiger partial charge on any atom is 0.293 e. The highest BCUT2D eigenvalue weighted by Crippen LogP contribution is 2.19. The molecule has 0 unspecified atom stereocenters. The lowest BCUT2D eigenvalue weighted by atomic mass is 10.1. The largest absolute Gasteiger partial charge is 0.463 e. The van der Waals surface area contributed by atoms with E-state index in [9.17, 15) is 4.79 Å². The Morgan fingerprint density at radius 3 is 2.74 bits per heavy atom. The van der Waals surface area contributed by atoms with Crippen LogP contribution in [0, 0.1) is 0 Å². The van der Waals surface area contributed by atoms with Crippen molar-refractivity contribution in [1.29, 1.82) is 0 Å². The Hall–Kier alpha value is -2.62. The maximum absolute atomic E-state index is 10.3. The van der Waals surface area contributed by atoms with Gasteiger partial charge >= 0.3 is 0 Å². The van der Waals surface area contributed by atoms with Crippen LogP contribution in [-0.4, -0.2) is 16.3 Å². The molecule has 1 aromatic heterocycles. The van der Waals surface area contributed by atoms with Gasteiger partial charge in [0.1, 0.15) is 6.61 Å². The lowest BCUT2D eigenvalue weighted by molar-refractivity contribution is -0.129. The molecule has 0 atom stereocenters. The Balaban J connectivity index is 2.08. The molecule has 0 aliphatic rings. The monoisotopic (exact) mass is 252 g/mol. The number of hydrogen-bond acceptors (Lipinski definition) is 3. The van der Waals surface area contributed by atoms with Crippen molar-refractivity contribution in [3.63, 3.8) is 0 Å². The van der Waals surface area contributed by atoms with Crippen LogP contribution in [0.1, 0.15) is 5.56 Å². The molecule has 4 heteroatoms. The van der Waals surface area contributed by atoms with Crippen LogP contribution in [0.25, 0.3) is 16.6 Å². The van der Waals surface area contributed by atoms with Crippen molar-refractivity contribution in [2.45, 2.75) is 6.61 Å². The molecule has 94 valence electrons. The Morgan fingerprint density at radius 1 is 1.11 bits per heavy atom. The van der Waals surface area contributed by atoms with Crippen LogP contribution in [0.3, 0.4) is 0 Å². The summed E-state index contributed by atoms with van der Waals surface area (Å²) in [4.78, 5) is 10.3. The van der Waals surface area contributed by atoms with Crippen LogP contribution >= 0.6 is 0 Å². The zero-order valence-corrected chi connectivity index (χ0v) is 10.2. The van der Waals surface area contributed by atoms with E-state index in [4.69, 9.17) is 4.74 Å². The van der Waals surface area contributed by atoms with E-state index in [1.54, 1.807) is 0 Å². The quantitative estimate of drug-likeness (QED) is 0.670. The number of aromatic nitrogens is 2. The number of rotatable bonds is 4. The van der Waals surface area contributed by atoms with Crippen LogP contribution < -0.4 is 0 Å². The Morgan fingerprint density at radius 2 is 1.95 bits per heavy atom. The highest BCUT2D eigenvalue weighted by molar-refractivity contribution is 5.81. The van der Waals surface area contributed by atoms with Gasteiger partial charge in [-0.25, -0.2) is 4.68 Å². The molecule has 0 saturated heterocycles. The molecular formula is C15H12N2O2. The molecule has 0 saturated carbocycles. The molecule has 0 N–H and O–H groups in total. The van der Waals surface area contributed by atoms with Crippen LogP contribution in [0.5, 0.6) is 0 Å². The fourth-order valence-electron chi connectivity index (χ4n) is 2.06. The number of carbonyl (C=O) groups is 1. The SMILES string of the molecule is O=COCc1cccc2cn(-c3ccccc3)nc12. The molecule has 0 radical (unpaired) electrons. The summed E-state index contributed by atoms with van der Waals surface area (Å²) in [6.45, 7) is 0.694. The van der Waals surface area contributed by atoms with Crippen molar-refractivity contribution in [2.24, 2.45) is 0 Å². The van der Waals surface area contributed by atoms with Crippen LogP contribution in [0.2, 0.25) is 0 Å². The summed E-state index contributed by atoms with van der Waals surface area (Å²) in [5.74, 6) is 0. The Kier molecular flexibility index (Phi) is 2.98. The number of fused-ring (bicyclic) bond motifs is 1. The second-order valence-corrected chi connectivity index (χ2v) is 4.17. The maximum atomic E-state index is 10.3. The van der Waals surface area contributed by atoms with E-state index in [-0.39, 0.29) is 6.61 Å². The molecule has 0 spiro atoms. The summed E-state index contributed by atoms with van der Waals surface area (Å²) in [5, 5.41) is 5.58. The van der Waals surface area contributed by atoms with Gasteiger partial charge in [0.15, 0.2) is 0 Å². The van der Waals surface area contributed by atoms with Gasteiger partial charge < -0.3 is 4.74 Å². The standard InChI is InChI=1S/C15H12N2O2/c18-11-19-10-13-6-4-5-12-9-17(16-15(12)13)14-7-2-1-3-8-14/h1-9,11H,10H2. The van der Waals surface area contributed by atoms with E-state index in [0.717, 1.165) is 22.2 Å². The third-order valence-electron chi connectivity index (χ3n) is 2.95. The first kappa shape index (κ1) is 11.5. The zero-order valence-electron chi connectivity index (χ0n) is 10.2. The summed E-state index contributed by atoms with van der Waals surface area (Å²) >= 11 is 0. The van der Waals surface area contributed by atoms with Gasteiger partial charge in [-0.1, -0.05) is 36.4 Å². The van der Waals surface area contributed by atoms with Gasteiger partial charge in [-0.3, -0.25) is 4.79 Å². The van der Waals surface area contributed by atoms with Crippen LogP contribution in [-0.2, 0) is 16.1 Å². The summed E-state index contributed by atoms with van der Waals surface area (Å²) in [6.07, 6.45) is 1.97. The highest BCUT2D eigenvalue weighted by atomic mass is 16.5. The minimum absolute atomic E-state index is 0.243. The molecule has 3 aromatic rings. The molecule has 0 bridgehead atoms. The average Bonchev–Trinajstić information content (AvgIpc) is 2.90. The number of ether oxygens (including phenoxy) is 1. The van der Waals surface area contributed by atoms with E-state index < -0.39 is 0 Å². The smallest absolute Gasteiger partial charge is 0.293 e. The molecule has 3 rings (SSSR count). The van der Waals surface area contributed by atoms with Crippen molar-refractivity contribution >= 4 is 17.4 Å². The molecule has 0 aliphatic heterocycles. The fraction of sp³-hybridized carbons (Fsp3) is 0.0667. The zero-order chi connectivity index (χ0) is 13.1. The molecule has 2 aromatic carbocycles. The van der Waals surface area contributed by atoms with Gasteiger partial charge in [-0.2, -0.15) is 5.10 Å². The average molecular weight is 252 g/mol. The second-order valence-electron chi connectivity index (χ2n) is 4.17. The molecule has 4 nitrogen and oxygen atoms in total. The molecule has 0 aliphatic carbocycles. The van der Waals surface area contributed by atoms with Gasteiger partial charge in [-0.05, 0) is 12.1 Å². The highest BCUT2D eigenvalue weighted by Gasteiger charge is 2.07. The topological polar surface area (TPSA) is 44.1 Å². The predicted octanol–water partition coefficient (Wildman–Crippen LogP) is 2.70. The first-order chi connectivity index (χ1) is 9.38. The van der Waals surface area contributed by atoms with E-state index in [2.05, 4.69) is 5.10 Å². The van der Waals surface area contributed by atoms with E-state index in [1.165, 1.54) is 0 Å². The lowest BCUT2D eigenvalue weighted by Gasteiger charge is -2.00. The van der Waals surface area contributed by atoms with E-state index in [0.29, 0.717) is 6.47 Å². The molecule has 19 heavy (non-hydrogen) atoms. The number of hydrogen-bond donors (Lipinski definition) is 0. The summed E-state index contributed by atoms with van der Waals surface area (Å²) in [5.41, 5.74) is 2.76. The third-order valence-corrected chi connectivity index (χ3v) is 2.95. The minimum atomic E-state index is 0.243. The van der Waals surface area contributed by atoms with Crippen molar-refractivity contribution in [3.05, 3.63) is 60.3 Å². The summed E-state index contributed by atoms with van der Waals surface area (Å²) < 4.78 is 6.64. The molecule has 0 amide bonds. The Labute approximate surface area is 110 Å². The van der Waals surface area contributed by atoms with Crippen molar-refractivity contribution in [1.82, 2.24) is 9.78 Å². The van der Waals surface area contributed by atoms with E-state index >= 15 is 0 Å². The van der Waals surface area contributed by atoms with Gasteiger partial charge in [0.25, 0.3) is 6.47 Å². The van der Waals surface area contributed by atoms with Gasteiger partial charge in [0, 0.05) is 17.1 Å². The van der Waals surface area contributed by atoms with Gasteiger partial charge in [0.2, 0.25) is 0 Å². The van der Waals surface area contributed by atoms with Crippen molar-refractivity contribution < 1.29 is 9.53 Å². The van der Waals surface area contributed by atoms with Crippen molar-refractivity contribution in [3.8, 4) is 5.69 Å². The number of nitrogens with zero attached hydrogens (tertiary/aromatic N) is 2. The normalized spacial score (nSPS) is 10.5.